The second-order valence-corrected chi connectivity index (χ2v) is 3.07. The number of alkyl halides is 2. The van der Waals surface area contributed by atoms with Crippen LogP contribution in [0.2, 0.25) is 0 Å². The molecule has 0 bridgehead atoms. The van der Waals surface area contributed by atoms with Gasteiger partial charge in [0.25, 0.3) is 12.3 Å². The second-order valence-electron chi connectivity index (χ2n) is 3.07. The minimum absolute atomic E-state index is 0.105. The van der Waals surface area contributed by atoms with Gasteiger partial charge in [-0.25, -0.2) is 8.78 Å². The number of amides is 1. The Kier molecular flexibility index (Phi) is 3.23. The number of carbonyl (C=O) groups is 1. The van der Waals surface area contributed by atoms with E-state index in [1.165, 1.54) is 11.7 Å². The topological polar surface area (TPSA) is 72.9 Å². The van der Waals surface area contributed by atoms with E-state index in [0.717, 1.165) is 0 Å². The van der Waals surface area contributed by atoms with E-state index in [1.54, 1.807) is 6.92 Å². The van der Waals surface area contributed by atoms with E-state index in [9.17, 15) is 13.6 Å². The highest BCUT2D eigenvalue weighted by Gasteiger charge is 2.18. The van der Waals surface area contributed by atoms with E-state index in [2.05, 4.69) is 10.4 Å². The Bertz CT molecular complexity index is 375. The summed E-state index contributed by atoms with van der Waals surface area (Å²) < 4.78 is 25.0. The number of aryl methyl sites for hydroxylation is 2. The van der Waals surface area contributed by atoms with Crippen molar-refractivity contribution in [3.05, 3.63) is 11.4 Å². The van der Waals surface area contributed by atoms with Gasteiger partial charge in [0.15, 0.2) is 0 Å². The monoisotopic (exact) mass is 218 g/mol. The highest BCUT2D eigenvalue weighted by Crippen LogP contribution is 2.14. The largest absolute Gasteiger partial charge is 0.395 e. The van der Waals surface area contributed by atoms with Gasteiger partial charge in [0.1, 0.15) is 5.69 Å². The quantitative estimate of drug-likeness (QED) is 0.766. The zero-order valence-corrected chi connectivity index (χ0v) is 8.42. The summed E-state index contributed by atoms with van der Waals surface area (Å²) in [5.41, 5.74) is 6.40. The normalized spacial score (nSPS) is 10.7. The molecule has 5 nitrogen and oxygen atoms in total. The molecular formula is C8H12F2N4O. The average Bonchev–Trinajstić information content (AvgIpc) is 2.37. The minimum atomic E-state index is -2.58. The maximum absolute atomic E-state index is 11.8. The predicted octanol–water partition coefficient (Wildman–Crippen LogP) is 0.306. The van der Waals surface area contributed by atoms with Crippen LogP contribution in [0.5, 0.6) is 0 Å². The molecular weight excluding hydrogens is 206 g/mol. The molecule has 0 saturated carbocycles. The van der Waals surface area contributed by atoms with Gasteiger partial charge in [0.05, 0.1) is 17.9 Å². The number of halogens is 2. The van der Waals surface area contributed by atoms with E-state index < -0.39 is 18.9 Å². The van der Waals surface area contributed by atoms with Crippen molar-refractivity contribution >= 4 is 11.6 Å². The van der Waals surface area contributed by atoms with Crippen LogP contribution in [0.4, 0.5) is 14.5 Å². The smallest absolute Gasteiger partial charge is 0.271 e. The van der Waals surface area contributed by atoms with Crippen LogP contribution in [-0.4, -0.2) is 28.7 Å². The fourth-order valence-electron chi connectivity index (χ4n) is 1.20. The molecule has 1 heterocycles. The number of nitrogens with one attached hydrogen (secondary N) is 1. The van der Waals surface area contributed by atoms with Gasteiger partial charge in [-0.1, -0.05) is 0 Å². The molecule has 0 radical (unpaired) electrons. The summed E-state index contributed by atoms with van der Waals surface area (Å²) in [7, 11) is 1.53. The van der Waals surface area contributed by atoms with Crippen molar-refractivity contribution in [2.45, 2.75) is 13.3 Å². The van der Waals surface area contributed by atoms with Gasteiger partial charge in [-0.3, -0.25) is 9.48 Å². The summed E-state index contributed by atoms with van der Waals surface area (Å²) in [5, 5.41) is 5.97. The van der Waals surface area contributed by atoms with E-state index in [4.69, 9.17) is 5.73 Å². The Balaban J connectivity index is 2.82. The van der Waals surface area contributed by atoms with Gasteiger partial charge in [0, 0.05) is 7.05 Å². The summed E-state index contributed by atoms with van der Waals surface area (Å²) in [6.45, 7) is 0.946. The first kappa shape index (κ1) is 11.4. The summed E-state index contributed by atoms with van der Waals surface area (Å²) in [4.78, 5) is 11.4. The molecule has 1 amide bonds. The molecule has 84 valence electrons. The third kappa shape index (κ3) is 2.42. The van der Waals surface area contributed by atoms with Crippen LogP contribution in [0.15, 0.2) is 0 Å². The zero-order chi connectivity index (χ0) is 11.6. The number of aromatic nitrogens is 2. The maximum Gasteiger partial charge on any atom is 0.271 e. The molecule has 0 aliphatic heterocycles. The van der Waals surface area contributed by atoms with Crippen molar-refractivity contribution in [2.24, 2.45) is 7.05 Å². The highest BCUT2D eigenvalue weighted by atomic mass is 19.3. The summed E-state index contributed by atoms with van der Waals surface area (Å²) in [6.07, 6.45) is -2.58. The molecule has 7 heteroatoms. The Morgan fingerprint density at radius 1 is 1.67 bits per heavy atom. The maximum atomic E-state index is 11.8. The van der Waals surface area contributed by atoms with E-state index in [1.807, 2.05) is 0 Å². The molecule has 0 aromatic carbocycles. The van der Waals surface area contributed by atoms with Crippen LogP contribution in [0.3, 0.4) is 0 Å². The summed E-state index contributed by atoms with van der Waals surface area (Å²) in [5.74, 6) is -0.643. The van der Waals surface area contributed by atoms with Crippen molar-refractivity contribution in [1.82, 2.24) is 15.1 Å². The van der Waals surface area contributed by atoms with Crippen molar-refractivity contribution in [1.29, 1.82) is 0 Å². The molecule has 0 aliphatic carbocycles. The standard InChI is InChI=1S/C8H12F2N4O/c1-4-6(11)7(14(2)13-4)8(15)12-3-5(9)10/h5H,3,11H2,1-2H3,(H,12,15). The predicted molar refractivity (Wildman–Crippen MR) is 50.7 cm³/mol. The van der Waals surface area contributed by atoms with E-state index in [-0.39, 0.29) is 11.4 Å². The fraction of sp³-hybridized carbons (Fsp3) is 0.500. The molecule has 1 rings (SSSR count). The van der Waals surface area contributed by atoms with Gasteiger partial charge in [0.2, 0.25) is 0 Å². The first-order chi connectivity index (χ1) is 6.93. The number of hydrogen-bond donors (Lipinski definition) is 2. The van der Waals surface area contributed by atoms with Crippen molar-refractivity contribution in [3.63, 3.8) is 0 Å². The summed E-state index contributed by atoms with van der Waals surface area (Å²) in [6, 6.07) is 0. The molecule has 1 aromatic rings. The number of carbonyl (C=O) groups excluding carboxylic acids is 1. The van der Waals surface area contributed by atoms with Crippen LogP contribution >= 0.6 is 0 Å². The number of rotatable bonds is 3. The van der Waals surface area contributed by atoms with Crippen molar-refractivity contribution < 1.29 is 13.6 Å². The molecule has 0 unspecified atom stereocenters. The minimum Gasteiger partial charge on any atom is -0.395 e. The van der Waals surface area contributed by atoms with Gasteiger partial charge >= 0.3 is 0 Å². The van der Waals surface area contributed by atoms with E-state index in [0.29, 0.717) is 5.69 Å². The zero-order valence-electron chi connectivity index (χ0n) is 8.42. The third-order valence-electron chi connectivity index (χ3n) is 1.90. The lowest BCUT2D eigenvalue weighted by Gasteiger charge is -2.05. The lowest BCUT2D eigenvalue weighted by molar-refractivity contribution is 0.0883. The number of nitrogens with two attached hydrogens (primary N) is 1. The van der Waals surface area contributed by atoms with Gasteiger partial charge in [-0.15, -0.1) is 0 Å². The first-order valence-corrected chi connectivity index (χ1v) is 4.29. The molecule has 0 spiro atoms. The average molecular weight is 218 g/mol. The SMILES string of the molecule is Cc1nn(C)c(C(=O)NCC(F)F)c1N. The molecule has 0 aliphatic rings. The van der Waals surface area contributed by atoms with Crippen LogP contribution in [-0.2, 0) is 7.05 Å². The fourth-order valence-corrected chi connectivity index (χ4v) is 1.20. The first-order valence-electron chi connectivity index (χ1n) is 4.29. The number of anilines is 1. The number of nitrogens with zero attached hydrogens (tertiary/aromatic N) is 2. The van der Waals surface area contributed by atoms with Crippen LogP contribution < -0.4 is 11.1 Å². The molecule has 0 atom stereocenters. The molecule has 0 saturated heterocycles. The Labute approximate surface area is 85.2 Å². The van der Waals surface area contributed by atoms with Crippen molar-refractivity contribution in [3.8, 4) is 0 Å². The van der Waals surface area contributed by atoms with Crippen LogP contribution in [0, 0.1) is 6.92 Å². The summed E-state index contributed by atoms with van der Waals surface area (Å²) >= 11 is 0. The lowest BCUT2D eigenvalue weighted by Crippen LogP contribution is -2.30. The van der Waals surface area contributed by atoms with Gasteiger partial charge < -0.3 is 11.1 Å². The Hall–Kier alpha value is -1.66. The molecule has 3 N–H and O–H groups in total. The van der Waals surface area contributed by atoms with E-state index >= 15 is 0 Å². The number of hydrogen-bond acceptors (Lipinski definition) is 3. The molecule has 1 aromatic heterocycles. The lowest BCUT2D eigenvalue weighted by atomic mass is 10.3. The Morgan fingerprint density at radius 3 is 2.67 bits per heavy atom. The van der Waals surface area contributed by atoms with Gasteiger partial charge in [-0.05, 0) is 6.92 Å². The molecule has 15 heavy (non-hydrogen) atoms. The third-order valence-corrected chi connectivity index (χ3v) is 1.90. The molecule has 0 fully saturated rings. The van der Waals surface area contributed by atoms with Gasteiger partial charge in [-0.2, -0.15) is 5.10 Å². The van der Waals surface area contributed by atoms with Crippen molar-refractivity contribution in [2.75, 3.05) is 12.3 Å². The highest BCUT2D eigenvalue weighted by molar-refractivity contribution is 5.97. The number of nitrogen functional groups attached to an aromatic ring is 1. The van der Waals surface area contributed by atoms with Crippen LogP contribution in [0.1, 0.15) is 16.2 Å². The Morgan fingerprint density at radius 2 is 2.27 bits per heavy atom. The van der Waals surface area contributed by atoms with Crippen LogP contribution in [0.25, 0.3) is 0 Å². The second kappa shape index (κ2) is 4.24.